The number of aryl methyl sites for hydroxylation is 4. The normalized spacial score (nSPS) is 12.7. The van der Waals surface area contributed by atoms with Crippen LogP contribution in [0.2, 0.25) is 0 Å². The predicted molar refractivity (Wildman–Crippen MR) is 82.8 cm³/mol. The zero-order valence-electron chi connectivity index (χ0n) is 12.4. The van der Waals surface area contributed by atoms with Crippen molar-refractivity contribution in [3.8, 4) is 0 Å². The number of thioether (sulfide) groups is 1. The number of aromatic nitrogens is 2. The van der Waals surface area contributed by atoms with Crippen molar-refractivity contribution in [1.29, 1.82) is 0 Å². The largest absolute Gasteiger partial charge is 0.326 e. The molecule has 0 aliphatic rings. The van der Waals surface area contributed by atoms with E-state index in [4.69, 9.17) is 0 Å². The molecule has 2 aromatic rings. The van der Waals surface area contributed by atoms with E-state index < -0.39 is 0 Å². The Kier molecular flexibility index (Phi) is 4.35. The summed E-state index contributed by atoms with van der Waals surface area (Å²) in [5.74, 6) is 0. The highest BCUT2D eigenvalue weighted by molar-refractivity contribution is 7.99. The van der Waals surface area contributed by atoms with Crippen molar-refractivity contribution in [3.05, 3.63) is 46.8 Å². The highest BCUT2D eigenvalue weighted by Crippen LogP contribution is 2.37. The Morgan fingerprint density at radius 1 is 1.21 bits per heavy atom. The molecule has 1 aromatic carbocycles. The summed E-state index contributed by atoms with van der Waals surface area (Å²) < 4.78 is 2.19. The Hall–Kier alpha value is -1.22. The minimum atomic E-state index is 0.424. The van der Waals surface area contributed by atoms with Crippen LogP contribution in [-0.4, -0.2) is 9.55 Å². The minimum absolute atomic E-state index is 0.424. The van der Waals surface area contributed by atoms with Gasteiger partial charge in [-0.2, -0.15) is 0 Å². The molecule has 3 heteroatoms. The van der Waals surface area contributed by atoms with Crippen molar-refractivity contribution in [3.63, 3.8) is 0 Å². The van der Waals surface area contributed by atoms with Gasteiger partial charge >= 0.3 is 0 Å². The summed E-state index contributed by atoms with van der Waals surface area (Å²) >= 11 is 1.84. The quantitative estimate of drug-likeness (QED) is 0.753. The molecule has 0 aliphatic heterocycles. The number of imidazole rings is 1. The minimum Gasteiger partial charge on any atom is -0.326 e. The molecule has 0 bridgehead atoms. The molecule has 0 amide bonds. The third kappa shape index (κ3) is 3.03. The molecule has 0 spiro atoms. The van der Waals surface area contributed by atoms with Gasteiger partial charge < -0.3 is 4.57 Å². The molecule has 0 aliphatic carbocycles. The van der Waals surface area contributed by atoms with Crippen molar-refractivity contribution in [2.24, 2.45) is 0 Å². The van der Waals surface area contributed by atoms with Gasteiger partial charge in [-0.25, -0.2) is 4.98 Å². The molecule has 0 fully saturated rings. The topological polar surface area (TPSA) is 17.8 Å². The zero-order chi connectivity index (χ0) is 14.0. The molecular weight excluding hydrogens is 252 g/mol. The second kappa shape index (κ2) is 5.83. The molecule has 0 saturated heterocycles. The second-order valence-electron chi connectivity index (χ2n) is 5.07. The summed E-state index contributed by atoms with van der Waals surface area (Å²) in [6.45, 7) is 12.0. The first-order valence-corrected chi connectivity index (χ1v) is 7.66. The lowest BCUT2D eigenvalue weighted by Crippen LogP contribution is -2.01. The van der Waals surface area contributed by atoms with Crippen molar-refractivity contribution < 1.29 is 0 Å². The molecule has 1 aromatic heterocycles. The first kappa shape index (κ1) is 14.2. The van der Waals surface area contributed by atoms with E-state index in [0.717, 1.165) is 11.7 Å². The Morgan fingerprint density at radius 2 is 1.84 bits per heavy atom. The van der Waals surface area contributed by atoms with Crippen LogP contribution in [0, 0.1) is 20.8 Å². The van der Waals surface area contributed by atoms with E-state index in [9.17, 15) is 0 Å². The molecule has 102 valence electrons. The Morgan fingerprint density at radius 3 is 2.42 bits per heavy atom. The molecule has 0 saturated carbocycles. The summed E-state index contributed by atoms with van der Waals surface area (Å²) in [7, 11) is 0. The van der Waals surface area contributed by atoms with Crippen molar-refractivity contribution >= 4 is 11.8 Å². The summed E-state index contributed by atoms with van der Waals surface area (Å²) in [6.07, 6.45) is 3.93. The van der Waals surface area contributed by atoms with Crippen LogP contribution in [-0.2, 0) is 6.54 Å². The van der Waals surface area contributed by atoms with Gasteiger partial charge in [-0.15, -0.1) is 0 Å². The highest BCUT2D eigenvalue weighted by Gasteiger charge is 2.15. The van der Waals surface area contributed by atoms with Crippen LogP contribution < -0.4 is 0 Å². The van der Waals surface area contributed by atoms with E-state index in [0.29, 0.717) is 5.25 Å². The zero-order valence-corrected chi connectivity index (χ0v) is 13.2. The fraction of sp³-hybridized carbons (Fsp3) is 0.438. The smallest absolute Gasteiger partial charge is 0.168 e. The van der Waals surface area contributed by atoms with Crippen molar-refractivity contribution in [2.45, 2.75) is 51.6 Å². The van der Waals surface area contributed by atoms with Gasteiger partial charge in [-0.1, -0.05) is 29.5 Å². The van der Waals surface area contributed by atoms with Crippen LogP contribution >= 0.6 is 11.8 Å². The Balaban J connectivity index is 2.28. The van der Waals surface area contributed by atoms with E-state index in [2.05, 4.69) is 56.3 Å². The lowest BCUT2D eigenvalue weighted by molar-refractivity contribution is 0.679. The van der Waals surface area contributed by atoms with Crippen LogP contribution in [0.25, 0.3) is 0 Å². The van der Waals surface area contributed by atoms with Gasteiger partial charge in [0.1, 0.15) is 0 Å². The van der Waals surface area contributed by atoms with Gasteiger partial charge in [0, 0.05) is 24.2 Å². The van der Waals surface area contributed by atoms with E-state index in [1.165, 1.54) is 22.3 Å². The van der Waals surface area contributed by atoms with Crippen LogP contribution in [0.3, 0.4) is 0 Å². The maximum Gasteiger partial charge on any atom is 0.168 e. The highest BCUT2D eigenvalue weighted by atomic mass is 32.2. The summed E-state index contributed by atoms with van der Waals surface area (Å²) in [6, 6.07) is 4.54. The maximum atomic E-state index is 4.46. The van der Waals surface area contributed by atoms with E-state index in [1.807, 2.05) is 24.2 Å². The third-order valence-electron chi connectivity index (χ3n) is 3.44. The van der Waals surface area contributed by atoms with Crippen LogP contribution in [0.4, 0.5) is 0 Å². The van der Waals surface area contributed by atoms with Gasteiger partial charge in [0.25, 0.3) is 0 Å². The standard InChI is InChI=1S/C16H22N2S/c1-6-18-8-7-17-16(18)19-14(5)15-12(3)9-11(2)10-13(15)4/h7-10,14H,6H2,1-5H3/t14-/m0/s1. The monoisotopic (exact) mass is 274 g/mol. The Labute approximate surface area is 120 Å². The molecule has 0 unspecified atom stereocenters. The average molecular weight is 274 g/mol. The molecule has 0 N–H and O–H groups in total. The molecule has 19 heavy (non-hydrogen) atoms. The molecule has 2 nitrogen and oxygen atoms in total. The SMILES string of the molecule is CCn1ccnc1S[C@@H](C)c1c(C)cc(C)cc1C. The lowest BCUT2D eigenvalue weighted by atomic mass is 9.98. The summed E-state index contributed by atoms with van der Waals surface area (Å²) in [5, 5.41) is 1.53. The molecule has 1 heterocycles. The fourth-order valence-electron chi connectivity index (χ4n) is 2.70. The Bertz CT molecular complexity index is 549. The third-order valence-corrected chi connectivity index (χ3v) is 4.58. The number of hydrogen-bond acceptors (Lipinski definition) is 2. The summed E-state index contributed by atoms with van der Waals surface area (Å²) in [5.41, 5.74) is 5.55. The number of benzene rings is 1. The molecular formula is C16H22N2S. The first-order chi connectivity index (χ1) is 9.02. The van der Waals surface area contributed by atoms with Crippen molar-refractivity contribution in [1.82, 2.24) is 9.55 Å². The summed E-state index contributed by atoms with van der Waals surface area (Å²) in [4.78, 5) is 4.46. The van der Waals surface area contributed by atoms with Gasteiger partial charge in [-0.3, -0.25) is 0 Å². The van der Waals surface area contributed by atoms with Crippen molar-refractivity contribution in [2.75, 3.05) is 0 Å². The molecule has 1 atom stereocenters. The van der Waals surface area contributed by atoms with Gasteiger partial charge in [-0.05, 0) is 51.3 Å². The lowest BCUT2D eigenvalue weighted by Gasteiger charge is -2.18. The first-order valence-electron chi connectivity index (χ1n) is 6.78. The maximum absolute atomic E-state index is 4.46. The second-order valence-corrected chi connectivity index (χ2v) is 6.38. The van der Waals surface area contributed by atoms with E-state index >= 15 is 0 Å². The number of nitrogens with zero attached hydrogens (tertiary/aromatic N) is 2. The van der Waals surface area contributed by atoms with Crippen LogP contribution in [0.1, 0.15) is 41.4 Å². The number of hydrogen-bond donors (Lipinski definition) is 0. The average Bonchev–Trinajstić information content (AvgIpc) is 2.74. The van der Waals surface area contributed by atoms with E-state index in [-0.39, 0.29) is 0 Å². The van der Waals surface area contributed by atoms with Gasteiger partial charge in [0.15, 0.2) is 5.16 Å². The van der Waals surface area contributed by atoms with Gasteiger partial charge in [0.05, 0.1) is 0 Å². The van der Waals surface area contributed by atoms with Crippen LogP contribution in [0.15, 0.2) is 29.7 Å². The van der Waals surface area contributed by atoms with E-state index in [1.54, 1.807) is 0 Å². The van der Waals surface area contributed by atoms with Crippen LogP contribution in [0.5, 0.6) is 0 Å². The van der Waals surface area contributed by atoms with Gasteiger partial charge in [0.2, 0.25) is 0 Å². The molecule has 2 rings (SSSR count). The fourth-order valence-corrected chi connectivity index (χ4v) is 3.96. The predicted octanol–water partition coefficient (Wildman–Crippen LogP) is 4.68. The number of rotatable bonds is 4. The molecule has 0 radical (unpaired) electrons.